The third-order valence-electron chi connectivity index (χ3n) is 6.28. The lowest BCUT2D eigenvalue weighted by Gasteiger charge is -2.44. The summed E-state index contributed by atoms with van der Waals surface area (Å²) in [5, 5.41) is 2.60. The van der Waals surface area contributed by atoms with Crippen molar-refractivity contribution in [3.05, 3.63) is 66.0 Å². The molecule has 2 saturated heterocycles. The maximum atomic E-state index is 14.1. The average Bonchev–Trinajstić information content (AvgIpc) is 3.19. The summed E-state index contributed by atoms with van der Waals surface area (Å²) in [5.41, 5.74) is -0.516. The summed E-state index contributed by atoms with van der Waals surface area (Å²) >= 11 is 0. The molecule has 0 saturated carbocycles. The Bertz CT molecular complexity index is 1030. The topological polar surface area (TPSA) is 79.0 Å². The zero-order valence-corrected chi connectivity index (χ0v) is 18.8. The third kappa shape index (κ3) is 4.48. The molecule has 1 unspecified atom stereocenters. The Morgan fingerprint density at radius 3 is 2.30 bits per heavy atom. The van der Waals surface area contributed by atoms with Gasteiger partial charge in [0.25, 0.3) is 5.91 Å². The second-order valence-electron chi connectivity index (χ2n) is 8.76. The highest BCUT2D eigenvalue weighted by atomic mass is 19.1. The lowest BCUT2D eigenvalue weighted by Crippen LogP contribution is -2.59. The summed E-state index contributed by atoms with van der Waals surface area (Å²) in [7, 11) is 0. The molecule has 33 heavy (non-hydrogen) atoms. The molecule has 1 spiro atoms. The number of carbonyl (C=O) groups excluding carboxylic acids is 3. The number of carbonyl (C=O) groups is 3. The fourth-order valence-corrected chi connectivity index (χ4v) is 4.51. The minimum atomic E-state index is -1.00. The number of benzene rings is 2. The molecule has 0 aliphatic carbocycles. The smallest absolute Gasteiger partial charge is 0.256 e. The van der Waals surface area contributed by atoms with Crippen LogP contribution in [0.3, 0.4) is 0 Å². The molecular weight excluding hydrogens is 425 g/mol. The molecule has 0 radical (unpaired) electrons. The van der Waals surface area contributed by atoms with E-state index >= 15 is 0 Å². The van der Waals surface area contributed by atoms with Crippen molar-refractivity contribution in [2.75, 3.05) is 25.0 Å². The molecule has 0 bridgehead atoms. The Kier molecular flexibility index (Phi) is 6.47. The molecule has 4 rings (SSSR count). The number of ether oxygens (including phenoxy) is 1. The highest BCUT2D eigenvalue weighted by Crippen LogP contribution is 2.39. The van der Waals surface area contributed by atoms with Crippen LogP contribution in [-0.4, -0.2) is 59.0 Å². The van der Waals surface area contributed by atoms with Crippen LogP contribution in [0, 0.1) is 11.7 Å². The molecule has 1 N–H and O–H groups in total. The van der Waals surface area contributed by atoms with Crippen LogP contribution in [0.1, 0.15) is 37.0 Å². The third-order valence-corrected chi connectivity index (χ3v) is 6.28. The van der Waals surface area contributed by atoms with Gasteiger partial charge in [0, 0.05) is 37.4 Å². The fourth-order valence-electron chi connectivity index (χ4n) is 4.51. The molecular formula is C25H28FN3O4. The summed E-state index contributed by atoms with van der Waals surface area (Å²) in [6.45, 7) is 4.56. The van der Waals surface area contributed by atoms with Crippen molar-refractivity contribution in [1.29, 1.82) is 0 Å². The minimum absolute atomic E-state index is 0.00299. The number of hydrogen-bond donors (Lipinski definition) is 1. The van der Waals surface area contributed by atoms with E-state index in [-0.39, 0.29) is 30.0 Å². The number of halogens is 1. The molecule has 2 heterocycles. The van der Waals surface area contributed by atoms with E-state index in [1.54, 1.807) is 35.2 Å². The minimum Gasteiger partial charge on any atom is -0.353 e. The Morgan fingerprint density at radius 1 is 1.03 bits per heavy atom. The largest absolute Gasteiger partial charge is 0.353 e. The van der Waals surface area contributed by atoms with Gasteiger partial charge in [-0.25, -0.2) is 4.39 Å². The van der Waals surface area contributed by atoms with Crippen LogP contribution in [0.15, 0.2) is 54.6 Å². The highest BCUT2D eigenvalue weighted by molar-refractivity contribution is 6.02. The molecule has 1 atom stereocenters. The van der Waals surface area contributed by atoms with Gasteiger partial charge < -0.3 is 15.0 Å². The van der Waals surface area contributed by atoms with Crippen molar-refractivity contribution in [2.45, 2.75) is 38.5 Å². The summed E-state index contributed by atoms with van der Waals surface area (Å²) in [6, 6.07) is 13.7. The zero-order chi connectivity index (χ0) is 23.6. The zero-order valence-electron chi connectivity index (χ0n) is 18.8. The van der Waals surface area contributed by atoms with E-state index in [9.17, 15) is 18.8 Å². The van der Waals surface area contributed by atoms with Crippen LogP contribution < -0.4 is 5.32 Å². The number of likely N-dealkylation sites (tertiary alicyclic amines) is 1. The molecule has 0 aromatic heterocycles. The number of nitrogens with zero attached hydrogens (tertiary/aromatic N) is 2. The van der Waals surface area contributed by atoms with Gasteiger partial charge in [-0.05, 0) is 24.3 Å². The first kappa shape index (κ1) is 22.9. The number of rotatable bonds is 4. The predicted molar refractivity (Wildman–Crippen MR) is 121 cm³/mol. The first-order valence-corrected chi connectivity index (χ1v) is 11.2. The van der Waals surface area contributed by atoms with Gasteiger partial charge in [0.2, 0.25) is 11.8 Å². The SMILES string of the molecule is CC(C)C(=O)N1CCC2(CC1)OCC(C(=O)Nc1ccccc1F)N2C(=O)c1ccccc1. The van der Waals surface area contributed by atoms with Gasteiger partial charge >= 0.3 is 0 Å². The van der Waals surface area contributed by atoms with Crippen molar-refractivity contribution in [3.8, 4) is 0 Å². The number of anilines is 1. The summed E-state index contributed by atoms with van der Waals surface area (Å²) in [4.78, 5) is 42.5. The van der Waals surface area contributed by atoms with Gasteiger partial charge in [0.15, 0.2) is 0 Å². The van der Waals surface area contributed by atoms with Crippen LogP contribution in [0.5, 0.6) is 0 Å². The van der Waals surface area contributed by atoms with Crippen molar-refractivity contribution in [2.24, 2.45) is 5.92 Å². The number of piperidine rings is 1. The van der Waals surface area contributed by atoms with Crippen molar-refractivity contribution < 1.29 is 23.5 Å². The van der Waals surface area contributed by atoms with E-state index < -0.39 is 23.5 Å². The second kappa shape index (κ2) is 9.31. The molecule has 3 amide bonds. The Labute approximate surface area is 192 Å². The Hall–Kier alpha value is -3.26. The molecule has 8 heteroatoms. The maximum Gasteiger partial charge on any atom is 0.256 e. The van der Waals surface area contributed by atoms with Crippen LogP contribution in [-0.2, 0) is 14.3 Å². The van der Waals surface area contributed by atoms with Gasteiger partial charge in [-0.15, -0.1) is 0 Å². The number of nitrogens with one attached hydrogen (secondary N) is 1. The number of amides is 3. The maximum absolute atomic E-state index is 14.1. The Balaban J connectivity index is 1.61. The van der Waals surface area contributed by atoms with Crippen LogP contribution in [0.4, 0.5) is 10.1 Å². The quantitative estimate of drug-likeness (QED) is 0.771. The standard InChI is InChI=1S/C25H28FN3O4/c1-17(2)23(31)28-14-12-25(13-15-28)29(24(32)18-8-4-3-5-9-18)21(16-33-25)22(30)27-20-11-7-6-10-19(20)26/h3-11,17,21H,12-16H2,1-2H3,(H,27,30). The molecule has 7 nitrogen and oxygen atoms in total. The van der Waals surface area contributed by atoms with E-state index in [1.165, 1.54) is 23.1 Å². The lowest BCUT2D eigenvalue weighted by atomic mass is 9.95. The lowest BCUT2D eigenvalue weighted by molar-refractivity contribution is -0.146. The first-order valence-electron chi connectivity index (χ1n) is 11.2. The van der Waals surface area contributed by atoms with E-state index in [0.29, 0.717) is 31.5 Å². The average molecular weight is 454 g/mol. The molecule has 2 aromatic rings. The van der Waals surface area contributed by atoms with E-state index in [1.807, 2.05) is 19.9 Å². The molecule has 174 valence electrons. The molecule has 2 fully saturated rings. The van der Waals surface area contributed by atoms with E-state index in [4.69, 9.17) is 4.74 Å². The normalized spacial score (nSPS) is 19.7. The monoisotopic (exact) mass is 453 g/mol. The second-order valence-corrected chi connectivity index (χ2v) is 8.76. The van der Waals surface area contributed by atoms with Gasteiger partial charge in [-0.2, -0.15) is 0 Å². The number of hydrogen-bond acceptors (Lipinski definition) is 4. The van der Waals surface area contributed by atoms with Crippen molar-refractivity contribution in [1.82, 2.24) is 9.80 Å². The number of para-hydroxylation sites is 1. The molecule has 2 aliphatic heterocycles. The Morgan fingerprint density at radius 2 is 1.67 bits per heavy atom. The summed E-state index contributed by atoms with van der Waals surface area (Å²) < 4.78 is 20.3. The van der Waals surface area contributed by atoms with Gasteiger partial charge in [-0.1, -0.05) is 44.2 Å². The summed E-state index contributed by atoms with van der Waals surface area (Å²) in [5.74, 6) is -1.46. The predicted octanol–water partition coefficient (Wildman–Crippen LogP) is 3.28. The molecule has 2 aliphatic rings. The van der Waals surface area contributed by atoms with Crippen molar-refractivity contribution in [3.63, 3.8) is 0 Å². The van der Waals surface area contributed by atoms with Crippen LogP contribution >= 0.6 is 0 Å². The van der Waals surface area contributed by atoms with E-state index in [0.717, 1.165) is 0 Å². The first-order chi connectivity index (χ1) is 15.8. The highest BCUT2D eigenvalue weighted by Gasteiger charge is 2.54. The van der Waals surface area contributed by atoms with Gasteiger partial charge in [0.05, 0.1) is 12.3 Å². The molecule has 2 aromatic carbocycles. The van der Waals surface area contributed by atoms with Gasteiger partial charge in [-0.3, -0.25) is 19.3 Å². The van der Waals surface area contributed by atoms with Crippen molar-refractivity contribution >= 4 is 23.4 Å². The fraction of sp³-hybridized carbons (Fsp3) is 0.400. The van der Waals surface area contributed by atoms with E-state index in [2.05, 4.69) is 5.32 Å². The van der Waals surface area contributed by atoms with Crippen LogP contribution in [0.25, 0.3) is 0 Å². The van der Waals surface area contributed by atoms with Crippen LogP contribution in [0.2, 0.25) is 0 Å². The summed E-state index contributed by atoms with van der Waals surface area (Å²) in [6.07, 6.45) is 0.793. The van der Waals surface area contributed by atoms with Gasteiger partial charge in [0.1, 0.15) is 17.6 Å².